The lowest BCUT2D eigenvalue weighted by atomic mass is 10.6. The minimum absolute atomic E-state index is 0.00810. The highest BCUT2D eigenvalue weighted by atomic mass is 16.3. The Morgan fingerprint density at radius 3 is 2.88 bits per heavy atom. The zero-order valence-corrected chi connectivity index (χ0v) is 4.46. The second-order valence-electron chi connectivity index (χ2n) is 1.57. The summed E-state index contributed by atoms with van der Waals surface area (Å²) in [4.78, 5) is 4.63. The van der Waals surface area contributed by atoms with E-state index in [1.807, 2.05) is 0 Å². The van der Waals surface area contributed by atoms with Crippen molar-refractivity contribution in [1.29, 1.82) is 0 Å². The van der Waals surface area contributed by atoms with Gasteiger partial charge in [0.2, 0.25) is 5.84 Å². The number of aliphatic hydroxyl groups is 1. The van der Waals surface area contributed by atoms with E-state index in [4.69, 9.17) is 5.11 Å². The van der Waals surface area contributed by atoms with Gasteiger partial charge in [-0.1, -0.05) is 0 Å². The second-order valence-corrected chi connectivity index (χ2v) is 1.57. The van der Waals surface area contributed by atoms with Crippen molar-refractivity contribution in [2.24, 2.45) is 4.99 Å². The molecule has 3 nitrogen and oxygen atoms in total. The molecule has 8 heavy (non-hydrogen) atoms. The van der Waals surface area contributed by atoms with Crippen molar-refractivity contribution in [3.05, 3.63) is 19.4 Å². The lowest BCUT2D eigenvalue weighted by Crippen LogP contribution is -3.04. The van der Waals surface area contributed by atoms with Gasteiger partial charge in [-0.2, -0.15) is 0 Å². The summed E-state index contributed by atoms with van der Waals surface area (Å²) in [6.45, 7) is -0.00810. The predicted octanol–water partition coefficient (Wildman–Crippen LogP) is -1.46. The van der Waals surface area contributed by atoms with Crippen LogP contribution in [0.2, 0.25) is 0 Å². The highest BCUT2D eigenvalue weighted by molar-refractivity contribution is 5.76. The van der Waals surface area contributed by atoms with Crippen molar-refractivity contribution < 1.29 is 10.0 Å². The smallest absolute Gasteiger partial charge is 0.205 e. The molecule has 0 aromatic carbocycles. The summed E-state index contributed by atoms with van der Waals surface area (Å²) in [5, 5.41) is 8.50. The van der Waals surface area contributed by atoms with Crippen LogP contribution in [0, 0.1) is 7.05 Å². The summed E-state index contributed by atoms with van der Waals surface area (Å²) in [7, 11) is 3.63. The molecule has 0 spiro atoms. The van der Waals surface area contributed by atoms with E-state index in [9.17, 15) is 0 Å². The van der Waals surface area contributed by atoms with Crippen molar-refractivity contribution in [2.75, 3.05) is 6.61 Å². The van der Waals surface area contributed by atoms with Gasteiger partial charge in [0.15, 0.2) is 0 Å². The average Bonchev–Trinajstić information content (AvgIpc) is 2.14. The van der Waals surface area contributed by atoms with Gasteiger partial charge in [-0.15, -0.1) is 7.05 Å². The van der Waals surface area contributed by atoms with Crippen LogP contribution in [0.5, 0.6) is 0 Å². The Morgan fingerprint density at radius 1 is 1.88 bits per heavy atom. The number of hydrogen-bond donors (Lipinski definition) is 2. The fourth-order valence-electron chi connectivity index (χ4n) is 0.539. The Morgan fingerprint density at radius 2 is 2.62 bits per heavy atom. The van der Waals surface area contributed by atoms with Gasteiger partial charge < -0.3 is 10.0 Å². The number of rotatable bonds is 1. The second kappa shape index (κ2) is 2.07. The number of aliphatic imine (C=N–C) groups is 1. The van der Waals surface area contributed by atoms with Gasteiger partial charge in [-0.25, -0.2) is 4.99 Å². The summed E-state index contributed by atoms with van der Waals surface area (Å²) in [5.41, 5.74) is 0. The molecule has 0 bridgehead atoms. The van der Waals surface area contributed by atoms with Gasteiger partial charge in [0, 0.05) is 0 Å². The molecule has 1 atom stereocenters. The Kier molecular flexibility index (Phi) is 1.41. The monoisotopic (exact) mass is 112 g/mol. The fourth-order valence-corrected chi connectivity index (χ4v) is 0.539. The van der Waals surface area contributed by atoms with E-state index >= 15 is 0 Å². The third kappa shape index (κ3) is 0.778. The van der Waals surface area contributed by atoms with Crippen molar-refractivity contribution in [1.82, 2.24) is 0 Å². The molecule has 1 heterocycles. The molecule has 0 aliphatic carbocycles. The molecule has 0 amide bonds. The first-order valence-electron chi connectivity index (χ1n) is 2.38. The van der Waals surface area contributed by atoms with Crippen molar-refractivity contribution in [3.8, 4) is 0 Å². The van der Waals surface area contributed by atoms with Gasteiger partial charge in [-0.05, 0) is 0 Å². The summed E-state index contributed by atoms with van der Waals surface area (Å²) in [5.74, 6) is 0.671. The first-order chi connectivity index (χ1) is 3.84. The number of quaternary nitrogens is 1. The molecular weight excluding hydrogens is 104 g/mol. The normalized spacial score (nSPS) is 26.2. The van der Waals surface area contributed by atoms with Crippen LogP contribution in [0.15, 0.2) is 17.4 Å². The Labute approximate surface area is 48.0 Å². The molecule has 1 unspecified atom stereocenters. The molecule has 0 saturated heterocycles. The molecule has 1 aliphatic heterocycles. The van der Waals surface area contributed by atoms with E-state index in [0.717, 1.165) is 4.90 Å². The number of aliphatic hydroxyl groups excluding tert-OH is 1. The minimum atomic E-state index is -0.00810. The average molecular weight is 112 g/mol. The predicted molar refractivity (Wildman–Crippen MR) is 30.0 cm³/mol. The fraction of sp³-hybridized carbons (Fsp3) is 0.200. The minimum Gasteiger partial charge on any atom is -0.392 e. The van der Waals surface area contributed by atoms with Crippen LogP contribution in [0.25, 0.3) is 0 Å². The van der Waals surface area contributed by atoms with Gasteiger partial charge in [0.05, 0.1) is 12.4 Å². The highest BCUT2D eigenvalue weighted by Gasteiger charge is 2.05. The van der Waals surface area contributed by atoms with Crippen LogP contribution in [0.1, 0.15) is 0 Å². The molecule has 44 valence electrons. The van der Waals surface area contributed by atoms with Crippen molar-refractivity contribution in [3.63, 3.8) is 0 Å². The summed E-state index contributed by atoms with van der Waals surface area (Å²) < 4.78 is 0. The van der Waals surface area contributed by atoms with Crippen LogP contribution in [0.3, 0.4) is 0 Å². The maximum atomic E-state index is 8.50. The van der Waals surface area contributed by atoms with Crippen LogP contribution >= 0.6 is 0 Å². The van der Waals surface area contributed by atoms with Crippen LogP contribution in [-0.4, -0.2) is 17.5 Å². The van der Waals surface area contributed by atoms with Crippen LogP contribution < -0.4 is 4.90 Å². The molecule has 3 heteroatoms. The third-order valence-corrected chi connectivity index (χ3v) is 1.03. The molecule has 1 rings (SSSR count). The topological polar surface area (TPSA) is 37.0 Å². The number of nitrogens with one attached hydrogen (secondary N) is 1. The summed E-state index contributed by atoms with van der Waals surface area (Å²) in [6.07, 6.45) is 3.40. The highest BCUT2D eigenvalue weighted by Crippen LogP contribution is 1.77. The van der Waals surface area contributed by atoms with E-state index in [-0.39, 0.29) is 6.61 Å². The zero-order valence-electron chi connectivity index (χ0n) is 4.46. The van der Waals surface area contributed by atoms with Crippen molar-refractivity contribution in [2.45, 2.75) is 0 Å². The largest absolute Gasteiger partial charge is 0.392 e. The van der Waals surface area contributed by atoms with E-state index in [1.54, 1.807) is 12.4 Å². The Hall–Kier alpha value is -0.670. The molecule has 0 aromatic heterocycles. The summed E-state index contributed by atoms with van der Waals surface area (Å²) >= 11 is 0. The maximum absolute atomic E-state index is 8.50. The molecule has 0 fully saturated rings. The molecular formula is C5H8N2O. The van der Waals surface area contributed by atoms with Gasteiger partial charge in [0.25, 0.3) is 0 Å². The van der Waals surface area contributed by atoms with Gasteiger partial charge >= 0.3 is 0 Å². The van der Waals surface area contributed by atoms with Gasteiger partial charge in [0.1, 0.15) is 6.61 Å². The molecule has 0 radical (unpaired) electrons. The van der Waals surface area contributed by atoms with E-state index in [2.05, 4.69) is 12.0 Å². The first kappa shape index (κ1) is 5.47. The molecule has 1 aliphatic rings. The SMILES string of the molecule is [CH2-][NH+]1C=CN=C1CO. The maximum Gasteiger partial charge on any atom is 0.205 e. The molecule has 2 N–H and O–H groups in total. The van der Waals surface area contributed by atoms with Crippen LogP contribution in [0.4, 0.5) is 0 Å². The summed E-state index contributed by atoms with van der Waals surface area (Å²) in [6, 6.07) is 0. The Balaban J connectivity index is 2.59. The van der Waals surface area contributed by atoms with Crippen molar-refractivity contribution >= 4 is 5.84 Å². The van der Waals surface area contributed by atoms with E-state index < -0.39 is 0 Å². The first-order valence-corrected chi connectivity index (χ1v) is 2.38. The van der Waals surface area contributed by atoms with E-state index in [0.29, 0.717) is 5.84 Å². The van der Waals surface area contributed by atoms with E-state index in [1.165, 1.54) is 0 Å². The lowest BCUT2D eigenvalue weighted by Gasteiger charge is -2.08. The standard InChI is InChI=1S/C5H8N2O/c1-7-3-2-6-5(7)4-8/h2-3,7-8H,1,4H2. The zero-order chi connectivity index (χ0) is 5.98. The van der Waals surface area contributed by atoms with Crippen LogP contribution in [-0.2, 0) is 0 Å². The number of hydrogen-bond acceptors (Lipinski definition) is 2. The van der Waals surface area contributed by atoms with Gasteiger partial charge in [-0.3, -0.25) is 0 Å². The Bertz CT molecular complexity index is 139. The lowest BCUT2D eigenvalue weighted by molar-refractivity contribution is -0.689. The number of nitrogens with zero attached hydrogens (tertiary/aromatic N) is 1. The molecule has 0 aromatic rings. The number of amidine groups is 1. The third-order valence-electron chi connectivity index (χ3n) is 1.03. The quantitative estimate of drug-likeness (QED) is 0.400. The molecule has 0 saturated carbocycles.